The highest BCUT2D eigenvalue weighted by Crippen LogP contribution is 2.26. The number of ether oxygens (including phenoxy) is 3. The van der Waals surface area contributed by atoms with Crippen molar-refractivity contribution in [3.05, 3.63) is 12.2 Å². The summed E-state index contributed by atoms with van der Waals surface area (Å²) in [5, 5.41) is -0.826. The summed E-state index contributed by atoms with van der Waals surface area (Å²) < 4.78 is 23.5. The van der Waals surface area contributed by atoms with Crippen LogP contribution in [0, 0.1) is 0 Å². The summed E-state index contributed by atoms with van der Waals surface area (Å²) in [5.41, 5.74) is 0.374. The molecule has 1 atom stereocenters. The van der Waals surface area contributed by atoms with Crippen LogP contribution in [0.5, 0.6) is 0 Å². The third-order valence-corrected chi connectivity index (χ3v) is 5.84. The van der Waals surface area contributed by atoms with Gasteiger partial charge in [0.1, 0.15) is 0 Å². The quantitative estimate of drug-likeness (QED) is 0.147. The zero-order valence-corrected chi connectivity index (χ0v) is 17.6. The van der Waals surface area contributed by atoms with Gasteiger partial charge in [0.2, 0.25) is 9.76 Å². The molecule has 0 rings (SSSR count). The van der Waals surface area contributed by atoms with E-state index >= 15 is 0 Å². The van der Waals surface area contributed by atoms with Crippen molar-refractivity contribution in [3.63, 3.8) is 0 Å². The highest BCUT2D eigenvalue weighted by Gasteiger charge is 2.44. The van der Waals surface area contributed by atoms with Crippen LogP contribution in [-0.4, -0.2) is 47.1 Å². The van der Waals surface area contributed by atoms with E-state index in [-0.39, 0.29) is 0 Å². The Kier molecular flexibility index (Phi) is 13.2. The molecule has 0 bridgehead atoms. The molecule has 0 heterocycles. The standard InChI is InChI=1S/C18H36O5Si/c1-7-11-13-20-17(21-14-12-8-2)18(9-3,24-22-10-4)23-16(19)15(5)6/h17H,5,7-14,24H2,1-4,6H3. The lowest BCUT2D eigenvalue weighted by Crippen LogP contribution is -2.54. The minimum Gasteiger partial charge on any atom is -0.452 e. The number of carbonyl (C=O) groups excluding carboxylic acids is 1. The summed E-state index contributed by atoms with van der Waals surface area (Å²) in [4.78, 5) is 12.2. The molecule has 5 nitrogen and oxygen atoms in total. The molecule has 0 saturated carbocycles. The van der Waals surface area contributed by atoms with Gasteiger partial charge in [0.05, 0.1) is 0 Å². The largest absolute Gasteiger partial charge is 0.452 e. The van der Waals surface area contributed by atoms with Gasteiger partial charge in [0, 0.05) is 25.4 Å². The molecular weight excluding hydrogens is 324 g/mol. The average molecular weight is 361 g/mol. The highest BCUT2D eigenvalue weighted by atomic mass is 28.2. The lowest BCUT2D eigenvalue weighted by molar-refractivity contribution is -0.227. The molecule has 0 aliphatic carbocycles. The number of unbranched alkanes of at least 4 members (excludes halogenated alkanes) is 2. The fraction of sp³-hybridized carbons (Fsp3) is 0.833. The van der Waals surface area contributed by atoms with Crippen molar-refractivity contribution in [1.29, 1.82) is 0 Å². The van der Waals surface area contributed by atoms with Crippen LogP contribution in [0.15, 0.2) is 12.2 Å². The number of esters is 1. The fourth-order valence-electron chi connectivity index (χ4n) is 2.05. The third-order valence-electron chi connectivity index (χ3n) is 3.76. The molecule has 1 unspecified atom stereocenters. The molecule has 24 heavy (non-hydrogen) atoms. The molecular formula is C18H36O5Si. The van der Waals surface area contributed by atoms with E-state index in [2.05, 4.69) is 20.4 Å². The van der Waals surface area contributed by atoms with Crippen molar-refractivity contribution in [2.45, 2.75) is 78.2 Å². The number of carbonyl (C=O) groups is 1. The summed E-state index contributed by atoms with van der Waals surface area (Å²) in [6.45, 7) is 15.2. The van der Waals surface area contributed by atoms with Gasteiger partial charge < -0.3 is 18.6 Å². The van der Waals surface area contributed by atoms with E-state index in [1.807, 2.05) is 13.8 Å². The number of rotatable bonds is 15. The second kappa shape index (κ2) is 13.6. The Morgan fingerprint density at radius 3 is 2.00 bits per heavy atom. The van der Waals surface area contributed by atoms with Gasteiger partial charge in [-0.05, 0) is 33.1 Å². The zero-order chi connectivity index (χ0) is 18.4. The van der Waals surface area contributed by atoms with Crippen LogP contribution in [0.1, 0.15) is 66.7 Å². The smallest absolute Gasteiger partial charge is 0.333 e. The van der Waals surface area contributed by atoms with Gasteiger partial charge in [-0.1, -0.05) is 40.2 Å². The van der Waals surface area contributed by atoms with Crippen molar-refractivity contribution >= 4 is 15.7 Å². The SMILES string of the molecule is C=C(C)C(=O)OC(CC)([SiH2]OCC)C(OCCCC)OCCCC. The van der Waals surface area contributed by atoms with E-state index in [0.717, 1.165) is 25.7 Å². The Morgan fingerprint density at radius 2 is 1.62 bits per heavy atom. The summed E-state index contributed by atoms with van der Waals surface area (Å²) in [6, 6.07) is 0. The summed E-state index contributed by atoms with van der Waals surface area (Å²) in [6.07, 6.45) is 3.98. The highest BCUT2D eigenvalue weighted by molar-refractivity contribution is 6.32. The molecule has 0 aromatic heterocycles. The Bertz CT molecular complexity index is 351. The van der Waals surface area contributed by atoms with E-state index in [9.17, 15) is 4.79 Å². The first-order valence-corrected chi connectivity index (χ1v) is 10.5. The van der Waals surface area contributed by atoms with Gasteiger partial charge in [-0.2, -0.15) is 0 Å². The lowest BCUT2D eigenvalue weighted by Gasteiger charge is -2.38. The molecule has 6 heteroatoms. The monoisotopic (exact) mass is 360 g/mol. The van der Waals surface area contributed by atoms with Gasteiger partial charge >= 0.3 is 5.97 Å². The van der Waals surface area contributed by atoms with Crippen LogP contribution in [0.3, 0.4) is 0 Å². The molecule has 0 fully saturated rings. The minimum atomic E-state index is -1.21. The Morgan fingerprint density at radius 1 is 1.08 bits per heavy atom. The van der Waals surface area contributed by atoms with Crippen LogP contribution >= 0.6 is 0 Å². The topological polar surface area (TPSA) is 54.0 Å². The Balaban J connectivity index is 5.29. The first kappa shape index (κ1) is 23.3. The van der Waals surface area contributed by atoms with Gasteiger partial charge in [0.15, 0.2) is 11.5 Å². The summed E-state index contributed by atoms with van der Waals surface area (Å²) >= 11 is 0. The molecule has 0 radical (unpaired) electrons. The maximum absolute atomic E-state index is 12.2. The van der Waals surface area contributed by atoms with Crippen LogP contribution in [0.25, 0.3) is 0 Å². The van der Waals surface area contributed by atoms with E-state index in [4.69, 9.17) is 18.6 Å². The third kappa shape index (κ3) is 8.42. The number of hydrogen-bond donors (Lipinski definition) is 0. The Hall–Kier alpha value is -0.693. The molecule has 0 spiro atoms. The molecule has 0 N–H and O–H groups in total. The molecule has 0 aliphatic heterocycles. The van der Waals surface area contributed by atoms with Crippen LogP contribution in [0.2, 0.25) is 0 Å². The first-order valence-electron chi connectivity index (χ1n) is 9.17. The van der Waals surface area contributed by atoms with Crippen LogP contribution in [-0.2, 0) is 23.4 Å². The van der Waals surface area contributed by atoms with Crippen molar-refractivity contribution in [2.24, 2.45) is 0 Å². The van der Waals surface area contributed by atoms with Crippen LogP contribution in [0.4, 0.5) is 0 Å². The van der Waals surface area contributed by atoms with Crippen molar-refractivity contribution in [1.82, 2.24) is 0 Å². The van der Waals surface area contributed by atoms with E-state index in [1.165, 1.54) is 0 Å². The van der Waals surface area contributed by atoms with Gasteiger partial charge in [-0.15, -0.1) is 0 Å². The molecule has 0 aliphatic rings. The normalized spacial score (nSPS) is 14.2. The lowest BCUT2D eigenvalue weighted by atomic mass is 10.2. The second-order valence-corrected chi connectivity index (χ2v) is 7.90. The minimum absolute atomic E-state index is 0.374. The fourth-order valence-corrected chi connectivity index (χ4v) is 3.37. The van der Waals surface area contributed by atoms with Gasteiger partial charge in [-0.25, -0.2) is 4.79 Å². The maximum atomic E-state index is 12.2. The molecule has 0 saturated heterocycles. The maximum Gasteiger partial charge on any atom is 0.333 e. The number of hydrogen-bond acceptors (Lipinski definition) is 5. The van der Waals surface area contributed by atoms with Gasteiger partial charge in [-0.3, -0.25) is 0 Å². The van der Waals surface area contributed by atoms with E-state index in [0.29, 0.717) is 31.8 Å². The molecule has 0 aromatic carbocycles. The van der Waals surface area contributed by atoms with Gasteiger partial charge in [0.25, 0.3) is 0 Å². The average Bonchev–Trinajstić information content (AvgIpc) is 2.57. The molecule has 0 amide bonds. The van der Waals surface area contributed by atoms with E-state index in [1.54, 1.807) is 6.92 Å². The first-order chi connectivity index (χ1) is 11.5. The predicted octanol–water partition coefficient (Wildman–Crippen LogP) is 3.29. The second-order valence-electron chi connectivity index (χ2n) is 6.01. The predicted molar refractivity (Wildman–Crippen MR) is 99.6 cm³/mol. The van der Waals surface area contributed by atoms with Crippen molar-refractivity contribution in [2.75, 3.05) is 19.8 Å². The molecule has 0 aromatic rings. The Labute approximate surface area is 150 Å². The van der Waals surface area contributed by atoms with E-state index < -0.39 is 27.2 Å². The summed E-state index contributed by atoms with van der Waals surface area (Å²) in [7, 11) is -1.21. The van der Waals surface area contributed by atoms with Crippen molar-refractivity contribution in [3.8, 4) is 0 Å². The van der Waals surface area contributed by atoms with Crippen molar-refractivity contribution < 1.29 is 23.4 Å². The summed E-state index contributed by atoms with van der Waals surface area (Å²) in [5.74, 6) is -0.410. The van der Waals surface area contributed by atoms with Crippen LogP contribution < -0.4 is 0 Å². The zero-order valence-electron chi connectivity index (χ0n) is 16.2. The molecule has 142 valence electrons.